The summed E-state index contributed by atoms with van der Waals surface area (Å²) in [7, 11) is -4.40. The highest BCUT2D eigenvalue weighted by atomic mass is 31.2. The van der Waals surface area contributed by atoms with Crippen molar-refractivity contribution in [3.8, 4) is 0 Å². The molecule has 3 N–H and O–H groups in total. The van der Waals surface area contributed by atoms with Crippen molar-refractivity contribution in [1.29, 1.82) is 0 Å². The molecule has 2 unspecified atom stereocenters. The Balaban J connectivity index is 3.95. The molecule has 2 atom stereocenters. The fraction of sp³-hybridized carbons (Fsp3) is 0.667. The van der Waals surface area contributed by atoms with Crippen LogP contribution in [-0.2, 0) is 32.7 Å². The third-order valence-electron chi connectivity index (χ3n) is 12.6. The molecule has 0 bridgehead atoms. The van der Waals surface area contributed by atoms with Crippen molar-refractivity contribution in [2.75, 3.05) is 26.4 Å². The Labute approximate surface area is 466 Å². The number of ether oxygens (including phenoxy) is 2. The Morgan fingerprint density at radius 1 is 0.408 bits per heavy atom. The summed E-state index contributed by atoms with van der Waals surface area (Å²) in [6, 6.07) is 0. The summed E-state index contributed by atoms with van der Waals surface area (Å²) in [5.41, 5.74) is 5.38. The van der Waals surface area contributed by atoms with Crippen LogP contribution in [0.1, 0.15) is 251 Å². The normalized spacial score (nSPS) is 13.9. The highest BCUT2D eigenvalue weighted by Gasteiger charge is 2.26. The van der Waals surface area contributed by atoms with Gasteiger partial charge in [-0.05, 0) is 109 Å². The number of rotatable bonds is 56. The van der Waals surface area contributed by atoms with Crippen LogP contribution in [0.3, 0.4) is 0 Å². The van der Waals surface area contributed by atoms with Gasteiger partial charge in [-0.15, -0.1) is 0 Å². The van der Waals surface area contributed by atoms with Gasteiger partial charge in [-0.3, -0.25) is 18.6 Å². The van der Waals surface area contributed by atoms with Gasteiger partial charge in [-0.25, -0.2) is 4.57 Å². The second kappa shape index (κ2) is 60.6. The zero-order valence-corrected chi connectivity index (χ0v) is 49.3. The molecule has 0 fully saturated rings. The van der Waals surface area contributed by atoms with Crippen molar-refractivity contribution < 1.29 is 37.6 Å². The number of phosphoric ester groups is 1. The molecule has 0 aromatic rings. The lowest BCUT2D eigenvalue weighted by Crippen LogP contribution is -2.29. The fourth-order valence-corrected chi connectivity index (χ4v) is 8.86. The van der Waals surface area contributed by atoms with Crippen molar-refractivity contribution in [2.24, 2.45) is 5.73 Å². The van der Waals surface area contributed by atoms with Crippen molar-refractivity contribution in [1.82, 2.24) is 0 Å². The number of hydrogen-bond donors (Lipinski definition) is 2. The number of carbonyl (C=O) groups excluding carboxylic acids is 2. The van der Waals surface area contributed by atoms with Crippen LogP contribution in [0.4, 0.5) is 0 Å². The molecule has 9 nitrogen and oxygen atoms in total. The summed E-state index contributed by atoms with van der Waals surface area (Å²) in [6.07, 6.45) is 84.1. The summed E-state index contributed by atoms with van der Waals surface area (Å²) in [6.45, 7) is 3.61. The topological polar surface area (TPSA) is 134 Å². The SMILES string of the molecule is CC/C=C\C/C=C\C/C=C\C/C=C\C/C=C\C/C=C\C/C=C\C/C=C\C/C=C\CCCCCCCCCCCCCC(=O)OC(COC(=O)CCCCCCC/C=C\CCCCCCCCC)COP(=O)(O)OCCN. The summed E-state index contributed by atoms with van der Waals surface area (Å²) in [5.74, 6) is -0.843. The van der Waals surface area contributed by atoms with Crippen LogP contribution in [0, 0.1) is 0 Å². The number of unbranched alkanes of at least 4 members (excludes halogenated alkanes) is 23. The molecule has 0 saturated heterocycles. The van der Waals surface area contributed by atoms with Gasteiger partial charge in [0.05, 0.1) is 13.2 Å². The summed E-state index contributed by atoms with van der Waals surface area (Å²) < 4.78 is 33.0. The highest BCUT2D eigenvalue weighted by Crippen LogP contribution is 2.43. The Kier molecular flexibility index (Phi) is 57.8. The molecule has 0 aromatic heterocycles. The van der Waals surface area contributed by atoms with E-state index in [0.29, 0.717) is 6.42 Å². The number of nitrogens with two attached hydrogens (primary N) is 1. The van der Waals surface area contributed by atoms with Gasteiger partial charge < -0.3 is 20.1 Å². The smallest absolute Gasteiger partial charge is 0.462 e. The average molecular weight is 1080 g/mol. The van der Waals surface area contributed by atoms with Crippen LogP contribution in [0.5, 0.6) is 0 Å². The first kappa shape index (κ1) is 72.4. The van der Waals surface area contributed by atoms with E-state index < -0.39 is 32.5 Å². The van der Waals surface area contributed by atoms with E-state index in [2.05, 4.69) is 135 Å². The minimum Gasteiger partial charge on any atom is -0.462 e. The van der Waals surface area contributed by atoms with Gasteiger partial charge in [0.2, 0.25) is 0 Å². The monoisotopic (exact) mass is 1080 g/mol. The van der Waals surface area contributed by atoms with E-state index in [1.165, 1.54) is 96.3 Å². The molecule has 0 aromatic carbocycles. The van der Waals surface area contributed by atoms with Crippen LogP contribution < -0.4 is 5.73 Å². The molecule has 76 heavy (non-hydrogen) atoms. The molecule has 0 radical (unpaired) electrons. The van der Waals surface area contributed by atoms with E-state index in [4.69, 9.17) is 24.3 Å². The van der Waals surface area contributed by atoms with Gasteiger partial charge in [0, 0.05) is 19.4 Å². The molecule has 0 heterocycles. The molecule has 0 rings (SSSR count). The average Bonchev–Trinajstić information content (AvgIpc) is 3.41. The van der Waals surface area contributed by atoms with Crippen LogP contribution in [-0.4, -0.2) is 49.3 Å². The second-order valence-electron chi connectivity index (χ2n) is 19.8. The molecule has 0 spiro atoms. The molecule has 10 heteroatoms. The lowest BCUT2D eigenvalue weighted by atomic mass is 10.0. The van der Waals surface area contributed by atoms with Gasteiger partial charge in [0.25, 0.3) is 0 Å². The summed E-state index contributed by atoms with van der Waals surface area (Å²) in [4.78, 5) is 35.2. The predicted octanol–water partition coefficient (Wildman–Crippen LogP) is 19.6. The first-order valence-corrected chi connectivity index (χ1v) is 32.0. The van der Waals surface area contributed by atoms with E-state index in [1.54, 1.807) is 0 Å². The van der Waals surface area contributed by atoms with Gasteiger partial charge in [-0.1, -0.05) is 251 Å². The lowest BCUT2D eigenvalue weighted by Gasteiger charge is -2.19. The van der Waals surface area contributed by atoms with Crippen molar-refractivity contribution >= 4 is 19.8 Å². The Morgan fingerprint density at radius 3 is 1.09 bits per heavy atom. The van der Waals surface area contributed by atoms with Crippen LogP contribution in [0.15, 0.2) is 122 Å². The number of esters is 2. The van der Waals surface area contributed by atoms with Crippen molar-refractivity contribution in [3.05, 3.63) is 122 Å². The summed E-state index contributed by atoms with van der Waals surface area (Å²) >= 11 is 0. The first-order valence-electron chi connectivity index (χ1n) is 30.5. The molecule has 0 amide bonds. The molecular formula is C66H112NO8P. The van der Waals surface area contributed by atoms with Gasteiger partial charge >= 0.3 is 19.8 Å². The minimum atomic E-state index is -4.40. The first-order chi connectivity index (χ1) is 37.3. The van der Waals surface area contributed by atoms with Crippen LogP contribution >= 0.6 is 7.82 Å². The summed E-state index contributed by atoms with van der Waals surface area (Å²) in [5, 5.41) is 0. The molecule has 0 aliphatic carbocycles. The lowest BCUT2D eigenvalue weighted by molar-refractivity contribution is -0.161. The number of phosphoric acid groups is 1. The zero-order chi connectivity index (χ0) is 55.2. The Hall–Kier alpha value is -3.59. The number of allylic oxidation sites excluding steroid dienone is 20. The van der Waals surface area contributed by atoms with Crippen molar-refractivity contribution in [2.45, 2.75) is 258 Å². The standard InChI is InChI=1S/C66H112NO8P/c1-3-5-7-9-11-13-15-17-19-21-22-23-24-25-26-27-28-29-30-31-32-33-34-35-36-37-38-39-40-41-42-43-45-47-49-51-53-55-57-59-66(69)75-64(63-74-76(70,71)73-61-60-67)62-72-65(68)58-56-54-52-50-48-46-44-20-18-16-14-12-10-8-6-4-2/h5,7,11,13,17,19-20,22-23,25-26,28-29,31-32,34-35,37-38,44,64H,3-4,6,8-10,12,14-16,18,21,24,27,30,33,36,39-43,45-63,67H2,1-2H3,(H,70,71)/b7-5-,13-11-,19-17-,23-22-,26-25-,29-28-,32-31-,35-34-,38-37-,44-20-. The molecular weight excluding hydrogens is 966 g/mol. The van der Waals surface area contributed by atoms with Gasteiger partial charge in [-0.2, -0.15) is 0 Å². The van der Waals surface area contributed by atoms with E-state index in [0.717, 1.165) is 122 Å². The Bertz CT molecular complexity index is 1660. The van der Waals surface area contributed by atoms with Crippen LogP contribution in [0.25, 0.3) is 0 Å². The fourth-order valence-electron chi connectivity index (χ4n) is 8.09. The molecule has 434 valence electrons. The van der Waals surface area contributed by atoms with E-state index in [9.17, 15) is 19.0 Å². The Morgan fingerprint density at radius 2 is 0.724 bits per heavy atom. The minimum absolute atomic E-state index is 0.0474. The largest absolute Gasteiger partial charge is 0.472 e. The maximum Gasteiger partial charge on any atom is 0.472 e. The van der Waals surface area contributed by atoms with Gasteiger partial charge in [0.1, 0.15) is 6.61 Å². The van der Waals surface area contributed by atoms with E-state index in [1.807, 2.05) is 0 Å². The number of carbonyl (C=O) groups is 2. The van der Waals surface area contributed by atoms with Gasteiger partial charge in [0.15, 0.2) is 6.10 Å². The second-order valence-corrected chi connectivity index (χ2v) is 21.3. The third kappa shape index (κ3) is 59.7. The maximum absolute atomic E-state index is 12.7. The zero-order valence-electron chi connectivity index (χ0n) is 48.4. The molecule has 0 aliphatic rings. The third-order valence-corrected chi connectivity index (χ3v) is 13.6. The van der Waals surface area contributed by atoms with E-state index >= 15 is 0 Å². The molecule has 0 aliphatic heterocycles. The van der Waals surface area contributed by atoms with E-state index in [-0.39, 0.29) is 32.6 Å². The molecule has 0 saturated carbocycles. The highest BCUT2D eigenvalue weighted by molar-refractivity contribution is 7.47. The quantitative estimate of drug-likeness (QED) is 0.0264. The van der Waals surface area contributed by atoms with Crippen molar-refractivity contribution in [3.63, 3.8) is 0 Å². The predicted molar refractivity (Wildman–Crippen MR) is 325 cm³/mol. The van der Waals surface area contributed by atoms with Crippen LogP contribution in [0.2, 0.25) is 0 Å². The maximum atomic E-state index is 12.7. The number of hydrogen-bond acceptors (Lipinski definition) is 8.